The number of carbonyl (C=O) groups excluding carboxylic acids is 1. The van der Waals surface area contributed by atoms with Gasteiger partial charge in [0.2, 0.25) is 0 Å². The monoisotopic (exact) mass is 216 g/mol. The van der Waals surface area contributed by atoms with Crippen LogP contribution in [0, 0.1) is 6.92 Å². The van der Waals surface area contributed by atoms with Gasteiger partial charge in [0.1, 0.15) is 5.69 Å². The highest BCUT2D eigenvalue weighted by atomic mass is 16.1. The molecular formula is C11H12N4O. The normalized spacial score (nSPS) is 10.1. The highest BCUT2D eigenvalue weighted by molar-refractivity contribution is 6.03. The average Bonchev–Trinajstić information content (AvgIpc) is 2.59. The zero-order valence-corrected chi connectivity index (χ0v) is 9.14. The molecule has 0 radical (unpaired) electrons. The Labute approximate surface area is 93.1 Å². The fourth-order valence-corrected chi connectivity index (χ4v) is 1.41. The largest absolute Gasteiger partial charge is 0.318 e. The first-order valence-corrected chi connectivity index (χ1v) is 4.89. The number of rotatable bonds is 2. The van der Waals surface area contributed by atoms with Crippen LogP contribution in [0.1, 0.15) is 16.2 Å². The topological polar surface area (TPSA) is 59.8 Å². The first kappa shape index (κ1) is 10.4. The van der Waals surface area contributed by atoms with E-state index in [1.165, 1.54) is 0 Å². The number of carbonyl (C=O) groups is 1. The number of hydrogen-bond donors (Lipinski definition) is 1. The van der Waals surface area contributed by atoms with Crippen LogP contribution < -0.4 is 5.32 Å². The molecule has 0 fully saturated rings. The standard InChI is InChI=1S/C11H12N4O/c1-8-10(7-15(2)14-8)13-11(16)9-5-3-4-6-12-9/h3-7H,1-2H3,(H,13,16). The van der Waals surface area contributed by atoms with Gasteiger partial charge in [-0.25, -0.2) is 0 Å². The molecule has 82 valence electrons. The maximum Gasteiger partial charge on any atom is 0.274 e. The van der Waals surface area contributed by atoms with Gasteiger partial charge in [0, 0.05) is 19.4 Å². The Morgan fingerprint density at radius 1 is 1.44 bits per heavy atom. The molecule has 0 aliphatic rings. The maximum absolute atomic E-state index is 11.8. The molecule has 0 atom stereocenters. The molecule has 5 nitrogen and oxygen atoms in total. The summed E-state index contributed by atoms with van der Waals surface area (Å²) < 4.78 is 1.66. The number of nitrogens with zero attached hydrogens (tertiary/aromatic N) is 3. The van der Waals surface area contributed by atoms with Crippen LogP contribution in [0.5, 0.6) is 0 Å². The molecule has 2 rings (SSSR count). The minimum atomic E-state index is -0.225. The Morgan fingerprint density at radius 2 is 2.25 bits per heavy atom. The molecule has 0 aliphatic carbocycles. The molecule has 1 N–H and O–H groups in total. The Kier molecular flexibility index (Phi) is 2.68. The van der Waals surface area contributed by atoms with Gasteiger partial charge < -0.3 is 5.32 Å². The van der Waals surface area contributed by atoms with E-state index in [2.05, 4.69) is 15.4 Å². The predicted octanol–water partition coefficient (Wildman–Crippen LogP) is 1.38. The van der Waals surface area contributed by atoms with Gasteiger partial charge in [-0.05, 0) is 19.1 Å². The second kappa shape index (κ2) is 4.14. The minimum absolute atomic E-state index is 0.225. The molecule has 2 heterocycles. The summed E-state index contributed by atoms with van der Waals surface area (Å²) in [5.41, 5.74) is 1.88. The molecule has 0 saturated heterocycles. The van der Waals surface area contributed by atoms with E-state index < -0.39 is 0 Å². The van der Waals surface area contributed by atoms with Gasteiger partial charge in [0.25, 0.3) is 5.91 Å². The zero-order chi connectivity index (χ0) is 11.5. The second-order valence-corrected chi connectivity index (χ2v) is 3.47. The van der Waals surface area contributed by atoms with Gasteiger partial charge in [-0.1, -0.05) is 6.07 Å². The maximum atomic E-state index is 11.8. The molecule has 1 amide bonds. The third-order valence-corrected chi connectivity index (χ3v) is 2.16. The third-order valence-electron chi connectivity index (χ3n) is 2.16. The van der Waals surface area contributed by atoms with Crippen molar-refractivity contribution in [3.05, 3.63) is 42.0 Å². The van der Waals surface area contributed by atoms with E-state index in [4.69, 9.17) is 0 Å². The van der Waals surface area contributed by atoms with Gasteiger partial charge in [-0.15, -0.1) is 0 Å². The molecule has 0 aliphatic heterocycles. The molecule has 0 saturated carbocycles. The molecule has 0 aromatic carbocycles. The highest BCUT2D eigenvalue weighted by Gasteiger charge is 2.10. The predicted molar refractivity (Wildman–Crippen MR) is 60.1 cm³/mol. The van der Waals surface area contributed by atoms with Crippen molar-refractivity contribution >= 4 is 11.6 Å². The van der Waals surface area contributed by atoms with E-state index in [-0.39, 0.29) is 5.91 Å². The lowest BCUT2D eigenvalue weighted by atomic mass is 10.3. The van der Waals surface area contributed by atoms with Crippen LogP contribution in [0.3, 0.4) is 0 Å². The molecule has 2 aromatic heterocycles. The molecule has 5 heteroatoms. The third kappa shape index (κ3) is 2.08. The van der Waals surface area contributed by atoms with Gasteiger partial charge in [-0.2, -0.15) is 5.10 Å². The van der Waals surface area contributed by atoms with Crippen molar-refractivity contribution in [3.8, 4) is 0 Å². The summed E-state index contributed by atoms with van der Waals surface area (Å²) in [4.78, 5) is 15.7. The quantitative estimate of drug-likeness (QED) is 0.824. The number of amides is 1. The molecule has 0 bridgehead atoms. The Bertz CT molecular complexity index is 504. The lowest BCUT2D eigenvalue weighted by Gasteiger charge is -2.01. The van der Waals surface area contributed by atoms with Crippen molar-refractivity contribution in [2.24, 2.45) is 7.05 Å². The van der Waals surface area contributed by atoms with Crippen LogP contribution in [0.15, 0.2) is 30.6 Å². The van der Waals surface area contributed by atoms with Crippen LogP contribution in [-0.4, -0.2) is 20.7 Å². The molecule has 2 aromatic rings. The molecule has 0 spiro atoms. The van der Waals surface area contributed by atoms with Crippen molar-refractivity contribution in [2.75, 3.05) is 5.32 Å². The number of nitrogens with one attached hydrogen (secondary N) is 1. The number of aromatic nitrogens is 3. The van der Waals surface area contributed by atoms with E-state index in [0.29, 0.717) is 11.4 Å². The zero-order valence-electron chi connectivity index (χ0n) is 9.14. The van der Waals surface area contributed by atoms with Crippen molar-refractivity contribution < 1.29 is 4.79 Å². The van der Waals surface area contributed by atoms with Crippen LogP contribution in [0.25, 0.3) is 0 Å². The highest BCUT2D eigenvalue weighted by Crippen LogP contribution is 2.12. The smallest absolute Gasteiger partial charge is 0.274 e. The lowest BCUT2D eigenvalue weighted by Crippen LogP contribution is -2.13. The molecule has 0 unspecified atom stereocenters. The minimum Gasteiger partial charge on any atom is -0.318 e. The Morgan fingerprint density at radius 3 is 2.81 bits per heavy atom. The van der Waals surface area contributed by atoms with Crippen molar-refractivity contribution in [3.63, 3.8) is 0 Å². The average molecular weight is 216 g/mol. The van der Waals surface area contributed by atoms with Crippen molar-refractivity contribution in [2.45, 2.75) is 6.92 Å². The van der Waals surface area contributed by atoms with Gasteiger partial charge >= 0.3 is 0 Å². The summed E-state index contributed by atoms with van der Waals surface area (Å²) in [5, 5.41) is 6.90. The summed E-state index contributed by atoms with van der Waals surface area (Å²) in [7, 11) is 1.81. The first-order valence-electron chi connectivity index (χ1n) is 4.89. The fraction of sp³-hybridized carbons (Fsp3) is 0.182. The Balaban J connectivity index is 2.17. The molecule has 16 heavy (non-hydrogen) atoms. The summed E-state index contributed by atoms with van der Waals surface area (Å²) in [6.45, 7) is 1.84. The fourth-order valence-electron chi connectivity index (χ4n) is 1.41. The van der Waals surface area contributed by atoms with Crippen LogP contribution >= 0.6 is 0 Å². The van der Waals surface area contributed by atoms with Crippen molar-refractivity contribution in [1.29, 1.82) is 0 Å². The second-order valence-electron chi connectivity index (χ2n) is 3.47. The number of hydrogen-bond acceptors (Lipinski definition) is 3. The summed E-state index contributed by atoms with van der Waals surface area (Å²) >= 11 is 0. The SMILES string of the molecule is Cc1nn(C)cc1NC(=O)c1ccccn1. The van der Waals surface area contributed by atoms with E-state index in [1.807, 2.05) is 14.0 Å². The van der Waals surface area contributed by atoms with E-state index >= 15 is 0 Å². The van der Waals surface area contributed by atoms with E-state index in [1.54, 1.807) is 35.3 Å². The van der Waals surface area contributed by atoms with Crippen molar-refractivity contribution in [1.82, 2.24) is 14.8 Å². The lowest BCUT2D eigenvalue weighted by molar-refractivity contribution is 0.102. The first-order chi connectivity index (χ1) is 7.66. The summed E-state index contributed by atoms with van der Waals surface area (Å²) in [6, 6.07) is 5.21. The summed E-state index contributed by atoms with van der Waals surface area (Å²) in [5.74, 6) is -0.225. The Hall–Kier alpha value is -2.17. The van der Waals surface area contributed by atoms with Crippen LogP contribution in [-0.2, 0) is 7.05 Å². The number of pyridine rings is 1. The van der Waals surface area contributed by atoms with Crippen LogP contribution in [0.4, 0.5) is 5.69 Å². The van der Waals surface area contributed by atoms with E-state index in [9.17, 15) is 4.79 Å². The van der Waals surface area contributed by atoms with Gasteiger partial charge in [0.15, 0.2) is 0 Å². The van der Waals surface area contributed by atoms with Gasteiger partial charge in [0.05, 0.1) is 11.4 Å². The van der Waals surface area contributed by atoms with Gasteiger partial charge in [-0.3, -0.25) is 14.5 Å². The number of anilines is 1. The van der Waals surface area contributed by atoms with Crippen LogP contribution in [0.2, 0.25) is 0 Å². The molecular weight excluding hydrogens is 204 g/mol. The van der Waals surface area contributed by atoms with E-state index in [0.717, 1.165) is 5.69 Å². The number of aryl methyl sites for hydroxylation is 2. The summed E-state index contributed by atoms with van der Waals surface area (Å²) in [6.07, 6.45) is 3.35.